The van der Waals surface area contributed by atoms with Crippen LogP contribution in [-0.2, 0) is 5.41 Å². The van der Waals surface area contributed by atoms with Gasteiger partial charge in [0.2, 0.25) is 0 Å². The molecule has 4 aromatic rings. The van der Waals surface area contributed by atoms with Gasteiger partial charge in [0.1, 0.15) is 0 Å². The Balaban J connectivity index is 1.86. The van der Waals surface area contributed by atoms with Crippen LogP contribution in [-0.4, -0.2) is 9.97 Å². The largest absolute Gasteiger partial charge is 0.232 e. The summed E-state index contributed by atoms with van der Waals surface area (Å²) < 4.78 is 0. The average molecular weight is 364 g/mol. The first-order chi connectivity index (χ1) is 13.5. The van der Waals surface area contributed by atoms with Gasteiger partial charge in [-0.3, -0.25) is 0 Å². The highest BCUT2D eigenvalue weighted by Crippen LogP contribution is 2.30. The third-order valence-electron chi connectivity index (χ3n) is 4.79. The summed E-state index contributed by atoms with van der Waals surface area (Å²) in [4.78, 5) is 9.78. The van der Waals surface area contributed by atoms with Gasteiger partial charge in [-0.05, 0) is 23.3 Å². The van der Waals surface area contributed by atoms with E-state index >= 15 is 0 Å². The summed E-state index contributed by atoms with van der Waals surface area (Å²) in [5, 5.41) is 0. The zero-order chi connectivity index (χ0) is 19.6. The predicted molar refractivity (Wildman–Crippen MR) is 117 cm³/mol. The van der Waals surface area contributed by atoms with Crippen LogP contribution in [0.3, 0.4) is 0 Å². The number of hydrogen-bond donors (Lipinski definition) is 0. The van der Waals surface area contributed by atoms with E-state index in [1.807, 2.05) is 24.3 Å². The molecule has 0 saturated heterocycles. The van der Waals surface area contributed by atoms with Crippen molar-refractivity contribution >= 4 is 0 Å². The van der Waals surface area contributed by atoms with Gasteiger partial charge >= 0.3 is 0 Å². The molecular formula is C26H24N2. The quantitative estimate of drug-likeness (QED) is 0.400. The summed E-state index contributed by atoms with van der Waals surface area (Å²) in [5.41, 5.74) is 6.48. The van der Waals surface area contributed by atoms with Crippen LogP contribution in [0.5, 0.6) is 0 Å². The molecule has 0 aliphatic heterocycles. The molecule has 0 unspecified atom stereocenters. The van der Waals surface area contributed by atoms with Crippen LogP contribution < -0.4 is 0 Å². The summed E-state index contributed by atoms with van der Waals surface area (Å²) in [5.74, 6) is 0.771. The van der Waals surface area contributed by atoms with Gasteiger partial charge in [-0.2, -0.15) is 0 Å². The van der Waals surface area contributed by atoms with Crippen LogP contribution in [0, 0.1) is 0 Å². The molecule has 0 aliphatic carbocycles. The zero-order valence-corrected chi connectivity index (χ0v) is 16.6. The molecule has 2 nitrogen and oxygen atoms in total. The van der Waals surface area contributed by atoms with E-state index in [-0.39, 0.29) is 5.41 Å². The second kappa shape index (κ2) is 7.40. The Morgan fingerprint density at radius 3 is 1.75 bits per heavy atom. The Bertz CT molecular complexity index is 1080. The Kier molecular flexibility index (Phi) is 4.79. The van der Waals surface area contributed by atoms with Crippen molar-refractivity contribution in [2.45, 2.75) is 26.2 Å². The van der Waals surface area contributed by atoms with Crippen molar-refractivity contribution in [3.05, 3.63) is 96.7 Å². The third-order valence-corrected chi connectivity index (χ3v) is 4.79. The molecule has 0 radical (unpaired) electrons. The van der Waals surface area contributed by atoms with Crippen LogP contribution in [0.2, 0.25) is 0 Å². The van der Waals surface area contributed by atoms with E-state index in [9.17, 15) is 0 Å². The minimum absolute atomic E-state index is 0.0573. The molecule has 4 rings (SSSR count). The Hall–Kier alpha value is -3.26. The highest BCUT2D eigenvalue weighted by molar-refractivity contribution is 5.72. The minimum Gasteiger partial charge on any atom is -0.232 e. The first-order valence-electron chi connectivity index (χ1n) is 9.61. The van der Waals surface area contributed by atoms with Crippen LogP contribution in [0.15, 0.2) is 91.0 Å². The second-order valence-electron chi connectivity index (χ2n) is 8.02. The molecule has 0 saturated carbocycles. The molecule has 3 aromatic carbocycles. The molecule has 2 heteroatoms. The molecule has 0 fully saturated rings. The maximum Gasteiger partial charge on any atom is 0.160 e. The summed E-state index contributed by atoms with van der Waals surface area (Å²) in [6.45, 7) is 6.57. The highest BCUT2D eigenvalue weighted by atomic mass is 14.9. The van der Waals surface area contributed by atoms with Gasteiger partial charge in [0.15, 0.2) is 5.82 Å². The average Bonchev–Trinajstić information content (AvgIpc) is 2.74. The van der Waals surface area contributed by atoms with Gasteiger partial charge in [0.05, 0.1) is 11.4 Å². The number of aromatic nitrogens is 2. The topological polar surface area (TPSA) is 25.8 Å². The summed E-state index contributed by atoms with van der Waals surface area (Å²) in [6.07, 6.45) is 0. The first-order valence-corrected chi connectivity index (χ1v) is 9.61. The lowest BCUT2D eigenvalue weighted by atomic mass is 9.90. The highest BCUT2D eigenvalue weighted by Gasteiger charge is 2.19. The van der Waals surface area contributed by atoms with Gasteiger partial charge < -0.3 is 0 Å². The van der Waals surface area contributed by atoms with E-state index in [1.54, 1.807) is 0 Å². The first kappa shape index (κ1) is 18.1. The van der Waals surface area contributed by atoms with Crippen molar-refractivity contribution in [3.63, 3.8) is 0 Å². The van der Waals surface area contributed by atoms with Crippen molar-refractivity contribution in [2.24, 2.45) is 0 Å². The van der Waals surface area contributed by atoms with Crippen LogP contribution in [0.4, 0.5) is 0 Å². The SMILES string of the molecule is CC(C)(C)c1cc(-c2cccc(-c3ccccc3)c2)nc(-c2ccccc2)n1. The molecule has 1 aromatic heterocycles. The van der Waals surface area contributed by atoms with E-state index in [4.69, 9.17) is 9.97 Å². The number of benzene rings is 3. The lowest BCUT2D eigenvalue weighted by Crippen LogP contribution is -2.15. The summed E-state index contributed by atoms with van der Waals surface area (Å²) in [6, 6.07) is 31.3. The molecule has 138 valence electrons. The lowest BCUT2D eigenvalue weighted by Gasteiger charge is -2.20. The number of rotatable bonds is 3. The normalized spacial score (nSPS) is 11.4. The summed E-state index contributed by atoms with van der Waals surface area (Å²) >= 11 is 0. The van der Waals surface area contributed by atoms with Gasteiger partial charge in [-0.1, -0.05) is 99.6 Å². The Morgan fingerprint density at radius 1 is 0.536 bits per heavy atom. The van der Waals surface area contributed by atoms with E-state index in [2.05, 4.69) is 87.5 Å². The maximum absolute atomic E-state index is 4.91. The second-order valence-corrected chi connectivity index (χ2v) is 8.02. The molecule has 0 bridgehead atoms. The van der Waals surface area contributed by atoms with Crippen molar-refractivity contribution < 1.29 is 0 Å². The molecular weight excluding hydrogens is 340 g/mol. The predicted octanol–water partition coefficient (Wildman–Crippen LogP) is 6.78. The van der Waals surface area contributed by atoms with Crippen molar-refractivity contribution in [1.82, 2.24) is 9.97 Å². The number of nitrogens with zero attached hydrogens (tertiary/aromatic N) is 2. The van der Waals surface area contributed by atoms with Crippen molar-refractivity contribution in [1.29, 1.82) is 0 Å². The number of hydrogen-bond acceptors (Lipinski definition) is 2. The third kappa shape index (κ3) is 3.86. The molecule has 28 heavy (non-hydrogen) atoms. The monoisotopic (exact) mass is 364 g/mol. The van der Waals surface area contributed by atoms with E-state index in [1.165, 1.54) is 11.1 Å². The van der Waals surface area contributed by atoms with Gasteiger partial charge in [-0.25, -0.2) is 9.97 Å². The lowest BCUT2D eigenvalue weighted by molar-refractivity contribution is 0.568. The molecule has 0 atom stereocenters. The van der Waals surface area contributed by atoms with Gasteiger partial charge in [0.25, 0.3) is 0 Å². The molecule has 1 heterocycles. The standard InChI is InChI=1S/C26H24N2/c1-26(2,3)24-18-23(27-25(28-24)20-13-8-5-9-14-20)22-16-10-15-21(17-22)19-11-6-4-7-12-19/h4-18H,1-3H3. The van der Waals surface area contributed by atoms with Crippen molar-refractivity contribution in [2.75, 3.05) is 0 Å². The fourth-order valence-corrected chi connectivity index (χ4v) is 3.18. The Labute approximate surface area is 167 Å². The fourth-order valence-electron chi connectivity index (χ4n) is 3.18. The Morgan fingerprint density at radius 2 is 1.11 bits per heavy atom. The fraction of sp³-hybridized carbons (Fsp3) is 0.154. The molecule has 0 aliphatic rings. The van der Waals surface area contributed by atoms with Gasteiger partial charge in [-0.15, -0.1) is 0 Å². The zero-order valence-electron chi connectivity index (χ0n) is 16.6. The van der Waals surface area contributed by atoms with Crippen LogP contribution >= 0.6 is 0 Å². The maximum atomic E-state index is 4.91. The van der Waals surface area contributed by atoms with Crippen LogP contribution in [0.25, 0.3) is 33.8 Å². The minimum atomic E-state index is -0.0573. The molecule has 0 spiro atoms. The van der Waals surface area contributed by atoms with Gasteiger partial charge in [0, 0.05) is 16.5 Å². The molecule has 0 N–H and O–H groups in total. The van der Waals surface area contributed by atoms with Crippen molar-refractivity contribution in [3.8, 4) is 33.8 Å². The summed E-state index contributed by atoms with van der Waals surface area (Å²) in [7, 11) is 0. The molecule has 0 amide bonds. The van der Waals surface area contributed by atoms with Crippen LogP contribution in [0.1, 0.15) is 26.5 Å². The van der Waals surface area contributed by atoms with E-state index in [0.717, 1.165) is 28.3 Å². The van der Waals surface area contributed by atoms with E-state index < -0.39 is 0 Å². The van der Waals surface area contributed by atoms with E-state index in [0.29, 0.717) is 0 Å². The smallest absolute Gasteiger partial charge is 0.160 e.